The lowest BCUT2D eigenvalue weighted by Gasteiger charge is -2.25. The molecule has 1 aliphatic carbocycles. The van der Waals surface area contributed by atoms with Gasteiger partial charge in [-0.25, -0.2) is 0 Å². The molecule has 0 amide bonds. The maximum Gasteiger partial charge on any atom is 0.0911 e. The lowest BCUT2D eigenvalue weighted by atomic mass is 9.85. The van der Waals surface area contributed by atoms with Gasteiger partial charge < -0.3 is 9.84 Å². The molecular formula is C13H26N2O2. The Morgan fingerprint density at radius 1 is 1.41 bits per heavy atom. The molecule has 0 aromatic carbocycles. The summed E-state index contributed by atoms with van der Waals surface area (Å²) < 4.78 is 5.60. The van der Waals surface area contributed by atoms with Crippen molar-refractivity contribution in [3.63, 3.8) is 0 Å². The number of hydrazine groups is 1. The van der Waals surface area contributed by atoms with E-state index < -0.39 is 6.10 Å². The fraction of sp³-hybridized carbons (Fsp3) is 0.846. The Hall–Kier alpha value is -0.420. The van der Waals surface area contributed by atoms with E-state index in [1.807, 2.05) is 19.1 Å². The van der Waals surface area contributed by atoms with Crippen molar-refractivity contribution in [2.45, 2.75) is 25.9 Å². The molecule has 17 heavy (non-hydrogen) atoms. The minimum Gasteiger partial charge on any atom is -0.389 e. The van der Waals surface area contributed by atoms with Gasteiger partial charge in [-0.15, -0.1) is 0 Å². The number of allylic oxidation sites excluding steroid dienone is 2. The average molecular weight is 242 g/mol. The van der Waals surface area contributed by atoms with Crippen LogP contribution < -0.4 is 5.43 Å². The maximum atomic E-state index is 9.67. The van der Waals surface area contributed by atoms with Crippen molar-refractivity contribution < 1.29 is 9.84 Å². The summed E-state index contributed by atoms with van der Waals surface area (Å²) in [6.07, 6.45) is 6.30. The molecule has 0 bridgehead atoms. The molecule has 0 aromatic rings. The van der Waals surface area contributed by atoms with Crippen molar-refractivity contribution in [2.24, 2.45) is 11.8 Å². The summed E-state index contributed by atoms with van der Waals surface area (Å²) in [6, 6.07) is 0. The lowest BCUT2D eigenvalue weighted by molar-refractivity contribution is 0.00706. The maximum absolute atomic E-state index is 9.67. The third-order valence-corrected chi connectivity index (χ3v) is 3.20. The predicted octanol–water partition coefficient (Wildman–Crippen LogP) is 1.03. The van der Waals surface area contributed by atoms with Gasteiger partial charge in [0.15, 0.2) is 0 Å². The van der Waals surface area contributed by atoms with Gasteiger partial charge in [-0.1, -0.05) is 19.1 Å². The Kier molecular flexibility index (Phi) is 6.73. The number of ether oxygens (including phenoxy) is 1. The van der Waals surface area contributed by atoms with Gasteiger partial charge in [0.1, 0.15) is 0 Å². The van der Waals surface area contributed by atoms with Crippen LogP contribution in [-0.4, -0.2) is 50.1 Å². The second kappa shape index (κ2) is 7.82. The zero-order valence-electron chi connectivity index (χ0n) is 11.2. The van der Waals surface area contributed by atoms with Crippen molar-refractivity contribution in [3.05, 3.63) is 12.2 Å². The number of nitrogens with zero attached hydrogens (tertiary/aromatic N) is 1. The molecular weight excluding hydrogens is 216 g/mol. The molecule has 0 saturated heterocycles. The van der Waals surface area contributed by atoms with Gasteiger partial charge in [0, 0.05) is 20.6 Å². The van der Waals surface area contributed by atoms with Gasteiger partial charge in [0.05, 0.1) is 19.3 Å². The summed E-state index contributed by atoms with van der Waals surface area (Å²) in [5, 5.41) is 11.5. The van der Waals surface area contributed by atoms with E-state index in [1.165, 1.54) is 0 Å². The van der Waals surface area contributed by atoms with Crippen LogP contribution in [0.4, 0.5) is 0 Å². The first-order chi connectivity index (χ1) is 8.09. The molecule has 3 atom stereocenters. The number of rotatable bonds is 7. The average Bonchev–Trinajstić information content (AvgIpc) is 2.29. The molecule has 0 aromatic heterocycles. The summed E-state index contributed by atoms with van der Waals surface area (Å²) in [4.78, 5) is 0. The topological polar surface area (TPSA) is 44.7 Å². The van der Waals surface area contributed by atoms with E-state index in [2.05, 4.69) is 24.5 Å². The molecule has 0 fully saturated rings. The summed E-state index contributed by atoms with van der Waals surface area (Å²) in [5.41, 5.74) is 3.03. The monoisotopic (exact) mass is 242 g/mol. The van der Waals surface area contributed by atoms with E-state index in [4.69, 9.17) is 4.74 Å². The van der Waals surface area contributed by atoms with E-state index in [0.29, 0.717) is 25.0 Å². The first kappa shape index (κ1) is 14.6. The first-order valence-electron chi connectivity index (χ1n) is 6.41. The zero-order valence-corrected chi connectivity index (χ0v) is 11.2. The van der Waals surface area contributed by atoms with E-state index >= 15 is 0 Å². The normalized spacial score (nSPS) is 26.4. The van der Waals surface area contributed by atoms with Gasteiger partial charge in [0.2, 0.25) is 0 Å². The van der Waals surface area contributed by atoms with Gasteiger partial charge >= 0.3 is 0 Å². The Bertz CT molecular complexity index is 231. The molecule has 0 radical (unpaired) electrons. The zero-order chi connectivity index (χ0) is 12.7. The van der Waals surface area contributed by atoms with Crippen LogP contribution in [0.2, 0.25) is 0 Å². The smallest absolute Gasteiger partial charge is 0.0911 e. The minimum atomic E-state index is -0.438. The summed E-state index contributed by atoms with van der Waals surface area (Å²) in [6.45, 7) is 3.97. The molecule has 2 N–H and O–H groups in total. The standard InChI is InChI=1S/C13H26N2O2/c1-11-6-4-5-7-12(11)9-17-10-13(16)8-14-15(2)3/h4-5,11-14,16H,6-10H2,1-3H3. The molecule has 0 saturated carbocycles. The van der Waals surface area contributed by atoms with Crippen LogP contribution in [0.3, 0.4) is 0 Å². The Morgan fingerprint density at radius 2 is 2.12 bits per heavy atom. The third-order valence-electron chi connectivity index (χ3n) is 3.20. The molecule has 4 nitrogen and oxygen atoms in total. The number of hydrogen-bond acceptors (Lipinski definition) is 4. The van der Waals surface area contributed by atoms with Crippen molar-refractivity contribution in [1.82, 2.24) is 10.4 Å². The fourth-order valence-electron chi connectivity index (χ4n) is 1.94. The third kappa shape index (κ3) is 6.17. The van der Waals surface area contributed by atoms with Gasteiger partial charge in [-0.3, -0.25) is 10.4 Å². The van der Waals surface area contributed by atoms with Crippen molar-refractivity contribution in [1.29, 1.82) is 0 Å². The minimum absolute atomic E-state index is 0.410. The Balaban J connectivity index is 2.08. The van der Waals surface area contributed by atoms with E-state index in [-0.39, 0.29) is 0 Å². The van der Waals surface area contributed by atoms with Crippen LogP contribution in [-0.2, 0) is 4.74 Å². The van der Waals surface area contributed by atoms with E-state index in [1.54, 1.807) is 0 Å². The van der Waals surface area contributed by atoms with E-state index in [9.17, 15) is 5.11 Å². The van der Waals surface area contributed by atoms with Crippen molar-refractivity contribution in [3.8, 4) is 0 Å². The van der Waals surface area contributed by atoms with Crippen molar-refractivity contribution >= 4 is 0 Å². The summed E-state index contributed by atoms with van der Waals surface area (Å²) >= 11 is 0. The van der Waals surface area contributed by atoms with Crippen LogP contribution in [0.1, 0.15) is 19.8 Å². The number of aliphatic hydroxyl groups is 1. The fourth-order valence-corrected chi connectivity index (χ4v) is 1.94. The quantitative estimate of drug-likeness (QED) is 0.517. The molecule has 0 aliphatic heterocycles. The molecule has 0 heterocycles. The summed E-state index contributed by atoms with van der Waals surface area (Å²) in [5.74, 6) is 1.30. The highest BCUT2D eigenvalue weighted by Gasteiger charge is 2.18. The highest BCUT2D eigenvalue weighted by molar-refractivity contribution is 4.93. The predicted molar refractivity (Wildman–Crippen MR) is 69.5 cm³/mol. The molecule has 1 aliphatic rings. The van der Waals surface area contributed by atoms with Crippen LogP contribution in [0, 0.1) is 11.8 Å². The highest BCUT2D eigenvalue weighted by Crippen LogP contribution is 2.24. The Morgan fingerprint density at radius 3 is 2.76 bits per heavy atom. The van der Waals surface area contributed by atoms with Gasteiger partial charge in [0.25, 0.3) is 0 Å². The van der Waals surface area contributed by atoms with Gasteiger partial charge in [-0.05, 0) is 24.7 Å². The number of hydrogen-bond donors (Lipinski definition) is 2. The Labute approximate surface area is 105 Å². The van der Waals surface area contributed by atoms with Crippen LogP contribution in [0.25, 0.3) is 0 Å². The highest BCUT2D eigenvalue weighted by atomic mass is 16.5. The molecule has 100 valence electrons. The second-order valence-corrected chi connectivity index (χ2v) is 5.13. The lowest BCUT2D eigenvalue weighted by Crippen LogP contribution is -2.39. The van der Waals surface area contributed by atoms with Gasteiger partial charge in [-0.2, -0.15) is 0 Å². The van der Waals surface area contributed by atoms with Crippen molar-refractivity contribution in [2.75, 3.05) is 33.9 Å². The number of nitrogens with one attached hydrogen (secondary N) is 1. The molecule has 3 unspecified atom stereocenters. The largest absolute Gasteiger partial charge is 0.389 e. The first-order valence-corrected chi connectivity index (χ1v) is 6.41. The van der Waals surface area contributed by atoms with E-state index in [0.717, 1.165) is 19.4 Å². The summed E-state index contributed by atoms with van der Waals surface area (Å²) in [7, 11) is 3.81. The molecule has 4 heteroatoms. The van der Waals surface area contributed by atoms with Crippen LogP contribution in [0.5, 0.6) is 0 Å². The SMILES string of the molecule is CC1CC=CCC1COCC(O)CNN(C)C. The molecule has 0 spiro atoms. The molecule has 1 rings (SSSR count). The van der Waals surface area contributed by atoms with Crippen LogP contribution in [0.15, 0.2) is 12.2 Å². The van der Waals surface area contributed by atoms with Crippen LogP contribution >= 0.6 is 0 Å². The second-order valence-electron chi connectivity index (χ2n) is 5.13. The number of aliphatic hydroxyl groups excluding tert-OH is 1.